The van der Waals surface area contributed by atoms with Gasteiger partial charge in [-0.25, -0.2) is 8.93 Å². The number of benzene rings is 1. The van der Waals surface area contributed by atoms with Crippen LogP contribution >= 0.6 is 0 Å². The molecule has 25 heavy (non-hydrogen) atoms. The van der Waals surface area contributed by atoms with Crippen LogP contribution in [-0.2, 0) is 22.2 Å². The second kappa shape index (κ2) is 9.09. The second-order valence-corrected chi connectivity index (χ2v) is 10.2. The lowest BCUT2D eigenvalue weighted by Crippen LogP contribution is -2.49. The van der Waals surface area contributed by atoms with Crippen LogP contribution in [0.15, 0.2) is 30.3 Å². The molecule has 0 spiro atoms. The standard InChI is InChI=1S/C21H33NO2S/c1-5-17-12-9-13-19(23)20(17)18(22-25(24)21(2,3)4)15-14-16-10-7-6-8-11-16/h6-8,10-11,17-18,20,22H,5,9,12-15H2,1-4H3/t17-,18+,20-,25-/m0/s1. The average molecular weight is 364 g/mol. The van der Waals surface area contributed by atoms with Crippen LogP contribution < -0.4 is 4.72 Å². The fourth-order valence-electron chi connectivity index (χ4n) is 3.75. The number of Topliss-reactive ketones (excluding diaryl/α,β-unsaturated/α-hetero) is 1. The van der Waals surface area contributed by atoms with Gasteiger partial charge < -0.3 is 0 Å². The van der Waals surface area contributed by atoms with Gasteiger partial charge >= 0.3 is 0 Å². The average Bonchev–Trinajstić information content (AvgIpc) is 2.58. The Labute approximate surface area is 155 Å². The highest BCUT2D eigenvalue weighted by Crippen LogP contribution is 2.34. The molecule has 140 valence electrons. The molecule has 0 heterocycles. The molecule has 0 unspecified atom stereocenters. The highest BCUT2D eigenvalue weighted by Gasteiger charge is 2.38. The summed E-state index contributed by atoms with van der Waals surface area (Å²) in [5.74, 6) is 0.759. The number of ketones is 1. The Hall–Kier alpha value is -1.00. The largest absolute Gasteiger partial charge is 0.299 e. The quantitative estimate of drug-likeness (QED) is 0.779. The first-order valence-electron chi connectivity index (χ1n) is 9.57. The first-order chi connectivity index (χ1) is 11.8. The van der Waals surface area contributed by atoms with Gasteiger partial charge in [0, 0.05) is 18.4 Å². The summed E-state index contributed by atoms with van der Waals surface area (Å²) >= 11 is 0. The SMILES string of the molecule is CC[C@H]1CCCC(=O)[C@@H]1[C@@H](CCc1ccccc1)N[S@@](=O)C(C)(C)C. The molecule has 1 aliphatic rings. The number of carbonyl (C=O) groups excluding carboxylic acids is 1. The van der Waals surface area contributed by atoms with Crippen LogP contribution in [-0.4, -0.2) is 20.8 Å². The molecule has 0 aromatic heterocycles. The normalized spacial score (nSPS) is 24.1. The summed E-state index contributed by atoms with van der Waals surface area (Å²) in [5.41, 5.74) is 1.27. The molecule has 0 radical (unpaired) electrons. The van der Waals surface area contributed by atoms with Crippen molar-refractivity contribution in [3.05, 3.63) is 35.9 Å². The van der Waals surface area contributed by atoms with Crippen LogP contribution in [0, 0.1) is 11.8 Å². The molecule has 1 fully saturated rings. The Bertz CT molecular complexity index is 579. The molecule has 0 amide bonds. The minimum atomic E-state index is -1.16. The number of rotatable bonds is 7. The van der Waals surface area contributed by atoms with E-state index in [0.29, 0.717) is 18.1 Å². The van der Waals surface area contributed by atoms with Crippen LogP contribution in [0.1, 0.15) is 65.4 Å². The van der Waals surface area contributed by atoms with Crippen LogP contribution in [0.25, 0.3) is 0 Å². The Morgan fingerprint density at radius 2 is 1.92 bits per heavy atom. The summed E-state index contributed by atoms with van der Waals surface area (Å²) in [6.45, 7) is 8.10. The third kappa shape index (κ3) is 5.75. The zero-order valence-electron chi connectivity index (χ0n) is 16.1. The van der Waals surface area contributed by atoms with Crippen molar-refractivity contribution in [2.24, 2.45) is 11.8 Å². The van der Waals surface area contributed by atoms with E-state index >= 15 is 0 Å². The van der Waals surface area contributed by atoms with Crippen molar-refractivity contribution in [3.8, 4) is 0 Å². The number of hydrogen-bond acceptors (Lipinski definition) is 2. The smallest absolute Gasteiger partial charge is 0.137 e. The molecule has 0 saturated heterocycles. The Balaban J connectivity index is 2.17. The van der Waals surface area contributed by atoms with E-state index in [1.165, 1.54) is 5.56 Å². The molecule has 0 aliphatic heterocycles. The van der Waals surface area contributed by atoms with Gasteiger partial charge in [-0.2, -0.15) is 0 Å². The van der Waals surface area contributed by atoms with Gasteiger partial charge in [-0.05, 0) is 57.9 Å². The molecular formula is C21H33NO2S. The van der Waals surface area contributed by atoms with Gasteiger partial charge in [0.1, 0.15) is 5.78 Å². The molecule has 4 heteroatoms. The van der Waals surface area contributed by atoms with Gasteiger partial charge in [0.2, 0.25) is 0 Å². The molecule has 1 aromatic rings. The van der Waals surface area contributed by atoms with E-state index in [0.717, 1.165) is 32.1 Å². The molecule has 1 aromatic carbocycles. The lowest BCUT2D eigenvalue weighted by atomic mass is 9.72. The van der Waals surface area contributed by atoms with Crippen LogP contribution in [0.3, 0.4) is 0 Å². The van der Waals surface area contributed by atoms with Crippen LogP contribution in [0.2, 0.25) is 0 Å². The van der Waals surface area contributed by atoms with E-state index in [2.05, 4.69) is 23.8 Å². The lowest BCUT2D eigenvalue weighted by Gasteiger charge is -2.37. The molecule has 0 bridgehead atoms. The monoisotopic (exact) mass is 363 g/mol. The minimum absolute atomic E-state index is 0.00578. The van der Waals surface area contributed by atoms with Gasteiger partial charge in [0.05, 0.1) is 15.7 Å². The van der Waals surface area contributed by atoms with Gasteiger partial charge in [0.15, 0.2) is 0 Å². The fraction of sp³-hybridized carbons (Fsp3) is 0.667. The second-order valence-electron chi connectivity index (χ2n) is 8.18. The predicted molar refractivity (Wildman–Crippen MR) is 106 cm³/mol. The lowest BCUT2D eigenvalue weighted by molar-refractivity contribution is -0.127. The Morgan fingerprint density at radius 3 is 2.52 bits per heavy atom. The van der Waals surface area contributed by atoms with Crippen molar-refractivity contribution in [2.75, 3.05) is 0 Å². The summed E-state index contributed by atoms with van der Waals surface area (Å²) < 4.78 is 15.7. The first-order valence-corrected chi connectivity index (χ1v) is 10.7. The zero-order valence-corrected chi connectivity index (χ0v) is 16.9. The maximum absolute atomic E-state index is 12.7. The summed E-state index contributed by atoms with van der Waals surface area (Å²) in [4.78, 5) is 12.7. The van der Waals surface area contributed by atoms with Crippen LogP contribution in [0.4, 0.5) is 0 Å². The summed E-state index contributed by atoms with van der Waals surface area (Å²) in [6.07, 6.45) is 5.55. The van der Waals surface area contributed by atoms with Crippen molar-refractivity contribution in [2.45, 2.75) is 77.0 Å². The van der Waals surface area contributed by atoms with E-state index in [1.807, 2.05) is 39.0 Å². The zero-order chi connectivity index (χ0) is 18.4. The van der Waals surface area contributed by atoms with Gasteiger partial charge in [-0.3, -0.25) is 4.79 Å². The van der Waals surface area contributed by atoms with E-state index < -0.39 is 11.0 Å². The summed E-state index contributed by atoms with van der Waals surface area (Å²) in [6, 6.07) is 10.3. The molecule has 1 aliphatic carbocycles. The molecule has 1 saturated carbocycles. The number of aryl methyl sites for hydroxylation is 1. The van der Waals surface area contributed by atoms with Crippen molar-refractivity contribution < 1.29 is 9.00 Å². The third-order valence-electron chi connectivity index (χ3n) is 5.24. The van der Waals surface area contributed by atoms with E-state index in [9.17, 15) is 9.00 Å². The number of hydrogen-bond donors (Lipinski definition) is 1. The van der Waals surface area contributed by atoms with E-state index in [-0.39, 0.29) is 16.7 Å². The van der Waals surface area contributed by atoms with Crippen molar-refractivity contribution in [3.63, 3.8) is 0 Å². The molecule has 3 nitrogen and oxygen atoms in total. The fourth-order valence-corrected chi connectivity index (χ4v) is 4.64. The van der Waals surface area contributed by atoms with Crippen LogP contribution in [0.5, 0.6) is 0 Å². The third-order valence-corrected chi connectivity index (χ3v) is 6.87. The van der Waals surface area contributed by atoms with Gasteiger partial charge in [0.25, 0.3) is 0 Å². The highest BCUT2D eigenvalue weighted by atomic mass is 32.2. The van der Waals surface area contributed by atoms with Crippen molar-refractivity contribution in [1.29, 1.82) is 0 Å². The highest BCUT2D eigenvalue weighted by molar-refractivity contribution is 7.84. The number of carbonyl (C=O) groups is 1. The minimum Gasteiger partial charge on any atom is -0.299 e. The first kappa shape index (κ1) is 20.3. The Kier molecular flexibility index (Phi) is 7.38. The van der Waals surface area contributed by atoms with Gasteiger partial charge in [-0.1, -0.05) is 43.7 Å². The molecule has 1 N–H and O–H groups in total. The van der Waals surface area contributed by atoms with Crippen molar-refractivity contribution in [1.82, 2.24) is 4.72 Å². The molecule has 2 rings (SSSR count). The van der Waals surface area contributed by atoms with E-state index in [1.54, 1.807) is 0 Å². The number of nitrogens with one attached hydrogen (secondary N) is 1. The van der Waals surface area contributed by atoms with Gasteiger partial charge in [-0.15, -0.1) is 0 Å². The summed E-state index contributed by atoms with van der Waals surface area (Å²) in [7, 11) is -1.16. The topological polar surface area (TPSA) is 46.2 Å². The molecular weight excluding hydrogens is 330 g/mol. The summed E-state index contributed by atoms with van der Waals surface area (Å²) in [5, 5.41) is 0. The van der Waals surface area contributed by atoms with Crippen molar-refractivity contribution >= 4 is 16.8 Å². The maximum Gasteiger partial charge on any atom is 0.137 e. The Morgan fingerprint density at radius 1 is 1.24 bits per heavy atom. The molecule has 4 atom stereocenters. The predicted octanol–water partition coefficient (Wildman–Crippen LogP) is 4.44. The van der Waals surface area contributed by atoms with E-state index in [4.69, 9.17) is 0 Å². The maximum atomic E-state index is 12.7.